The van der Waals surface area contributed by atoms with Crippen LogP contribution in [0.1, 0.15) is 39.5 Å². The van der Waals surface area contributed by atoms with Crippen molar-refractivity contribution in [1.29, 1.82) is 0 Å². The van der Waals surface area contributed by atoms with Gasteiger partial charge in [-0.3, -0.25) is 4.99 Å². The molecule has 19 heavy (non-hydrogen) atoms. The number of anilines is 1. The molecule has 0 aromatic heterocycles. The van der Waals surface area contributed by atoms with E-state index in [4.69, 9.17) is 17.3 Å². The van der Waals surface area contributed by atoms with Crippen LogP contribution in [0.2, 0.25) is 5.02 Å². The molecule has 2 N–H and O–H groups in total. The summed E-state index contributed by atoms with van der Waals surface area (Å²) in [5, 5.41) is 0.726. The standard InChI is InChI=1S/C15H22ClN3/c1-3-4-7-10-15(2)11-18-14(17)19(15)13-9-6-5-8-12(13)16/h5-6,8-9H,3-4,7,10-11H2,1-2H3,(H2,17,18). The number of rotatable bonds is 5. The average Bonchev–Trinajstić information content (AvgIpc) is 2.67. The molecule has 0 amide bonds. The Labute approximate surface area is 120 Å². The van der Waals surface area contributed by atoms with E-state index in [0.29, 0.717) is 5.96 Å². The fourth-order valence-electron chi connectivity index (χ4n) is 2.66. The molecule has 0 saturated heterocycles. The number of unbranched alkanes of at least 4 members (excludes halogenated alkanes) is 2. The molecule has 2 rings (SSSR count). The van der Waals surface area contributed by atoms with Crippen LogP contribution >= 0.6 is 11.6 Å². The highest BCUT2D eigenvalue weighted by Crippen LogP contribution is 2.36. The van der Waals surface area contributed by atoms with Gasteiger partial charge in [0.25, 0.3) is 0 Å². The first-order valence-electron chi connectivity index (χ1n) is 6.93. The van der Waals surface area contributed by atoms with Crippen molar-refractivity contribution in [3.8, 4) is 0 Å². The summed E-state index contributed by atoms with van der Waals surface area (Å²) in [5.41, 5.74) is 6.99. The molecule has 0 bridgehead atoms. The molecular formula is C15H22ClN3. The molecule has 104 valence electrons. The first-order valence-corrected chi connectivity index (χ1v) is 7.31. The number of hydrogen-bond donors (Lipinski definition) is 1. The van der Waals surface area contributed by atoms with Crippen LogP contribution in [0.15, 0.2) is 29.3 Å². The molecule has 1 atom stereocenters. The lowest BCUT2D eigenvalue weighted by Gasteiger charge is -2.36. The SMILES string of the molecule is CCCCCC1(C)CN=C(N)N1c1ccccc1Cl. The van der Waals surface area contributed by atoms with Crippen LogP contribution in [0.3, 0.4) is 0 Å². The zero-order chi connectivity index (χ0) is 13.9. The van der Waals surface area contributed by atoms with Gasteiger partial charge in [-0.2, -0.15) is 0 Å². The molecule has 1 unspecified atom stereocenters. The van der Waals surface area contributed by atoms with Gasteiger partial charge in [0.1, 0.15) is 0 Å². The van der Waals surface area contributed by atoms with Crippen molar-refractivity contribution < 1.29 is 0 Å². The van der Waals surface area contributed by atoms with Gasteiger partial charge in [-0.1, -0.05) is 49.9 Å². The Morgan fingerprint density at radius 3 is 2.79 bits per heavy atom. The van der Waals surface area contributed by atoms with Gasteiger partial charge >= 0.3 is 0 Å². The first-order chi connectivity index (χ1) is 9.08. The van der Waals surface area contributed by atoms with Gasteiger partial charge in [0.2, 0.25) is 0 Å². The molecule has 1 aromatic carbocycles. The maximum atomic E-state index is 6.31. The number of para-hydroxylation sites is 1. The predicted octanol–water partition coefficient (Wildman–Crippen LogP) is 3.81. The zero-order valence-corrected chi connectivity index (χ0v) is 12.5. The highest BCUT2D eigenvalue weighted by Gasteiger charge is 2.39. The summed E-state index contributed by atoms with van der Waals surface area (Å²) in [6.45, 7) is 5.18. The van der Waals surface area contributed by atoms with Gasteiger partial charge in [-0.25, -0.2) is 0 Å². The van der Waals surface area contributed by atoms with E-state index in [-0.39, 0.29) is 5.54 Å². The third kappa shape index (κ3) is 2.86. The highest BCUT2D eigenvalue weighted by molar-refractivity contribution is 6.34. The van der Waals surface area contributed by atoms with Crippen molar-refractivity contribution >= 4 is 23.2 Å². The monoisotopic (exact) mass is 279 g/mol. The Bertz CT molecular complexity index is 472. The second kappa shape index (κ2) is 5.83. The van der Waals surface area contributed by atoms with Crippen LogP contribution < -0.4 is 10.6 Å². The molecule has 1 aromatic rings. The van der Waals surface area contributed by atoms with E-state index < -0.39 is 0 Å². The number of hydrogen-bond acceptors (Lipinski definition) is 3. The fourth-order valence-corrected chi connectivity index (χ4v) is 2.88. The number of nitrogens with zero attached hydrogens (tertiary/aromatic N) is 2. The second-order valence-electron chi connectivity index (χ2n) is 5.42. The summed E-state index contributed by atoms with van der Waals surface area (Å²) in [4.78, 5) is 6.53. The molecule has 0 spiro atoms. The average molecular weight is 280 g/mol. The molecular weight excluding hydrogens is 258 g/mol. The van der Waals surface area contributed by atoms with E-state index in [2.05, 4.69) is 23.7 Å². The predicted molar refractivity (Wildman–Crippen MR) is 83.0 cm³/mol. The number of aliphatic imine (C=N–C) groups is 1. The third-order valence-corrected chi connectivity index (χ3v) is 4.08. The number of benzene rings is 1. The van der Waals surface area contributed by atoms with Crippen molar-refractivity contribution in [3.05, 3.63) is 29.3 Å². The van der Waals surface area contributed by atoms with Crippen LogP contribution in [-0.4, -0.2) is 18.0 Å². The minimum absolute atomic E-state index is 0.0513. The number of guanidine groups is 1. The van der Waals surface area contributed by atoms with E-state index in [1.807, 2.05) is 24.3 Å². The topological polar surface area (TPSA) is 41.6 Å². The minimum Gasteiger partial charge on any atom is -0.369 e. The van der Waals surface area contributed by atoms with Crippen LogP contribution in [-0.2, 0) is 0 Å². The van der Waals surface area contributed by atoms with E-state index in [1.165, 1.54) is 19.3 Å². The van der Waals surface area contributed by atoms with E-state index >= 15 is 0 Å². The number of halogens is 1. The summed E-state index contributed by atoms with van der Waals surface area (Å²) in [7, 11) is 0. The van der Waals surface area contributed by atoms with E-state index in [1.54, 1.807) is 0 Å². The first kappa shape index (κ1) is 14.2. The van der Waals surface area contributed by atoms with Gasteiger partial charge < -0.3 is 10.6 Å². The third-order valence-electron chi connectivity index (χ3n) is 3.76. The van der Waals surface area contributed by atoms with Gasteiger partial charge in [0.05, 0.1) is 22.8 Å². The highest BCUT2D eigenvalue weighted by atomic mass is 35.5. The van der Waals surface area contributed by atoms with Crippen molar-refractivity contribution in [3.63, 3.8) is 0 Å². The molecule has 3 nitrogen and oxygen atoms in total. The molecule has 1 aliphatic rings. The van der Waals surface area contributed by atoms with Crippen LogP contribution in [0.4, 0.5) is 5.69 Å². The van der Waals surface area contributed by atoms with Crippen LogP contribution in [0.5, 0.6) is 0 Å². The smallest absolute Gasteiger partial charge is 0.196 e. The minimum atomic E-state index is -0.0513. The van der Waals surface area contributed by atoms with Gasteiger partial charge in [-0.05, 0) is 25.5 Å². The molecule has 0 aliphatic carbocycles. The molecule has 1 heterocycles. The molecule has 1 aliphatic heterocycles. The Morgan fingerprint density at radius 1 is 1.37 bits per heavy atom. The molecule has 0 fully saturated rings. The summed E-state index contributed by atoms with van der Waals surface area (Å²) in [6, 6.07) is 7.83. The summed E-state index contributed by atoms with van der Waals surface area (Å²) < 4.78 is 0. The number of nitrogens with two attached hydrogens (primary N) is 1. The van der Waals surface area contributed by atoms with Crippen LogP contribution in [0.25, 0.3) is 0 Å². The lowest BCUT2D eigenvalue weighted by Crippen LogP contribution is -2.50. The fraction of sp³-hybridized carbons (Fsp3) is 0.533. The Hall–Kier alpha value is -1.22. The summed E-state index contributed by atoms with van der Waals surface area (Å²) >= 11 is 6.31. The maximum Gasteiger partial charge on any atom is 0.196 e. The molecule has 4 heteroatoms. The van der Waals surface area contributed by atoms with Gasteiger partial charge in [0.15, 0.2) is 5.96 Å². The van der Waals surface area contributed by atoms with Crippen LogP contribution in [0, 0.1) is 0 Å². The van der Waals surface area contributed by atoms with E-state index in [9.17, 15) is 0 Å². The normalized spacial score (nSPS) is 22.7. The van der Waals surface area contributed by atoms with Gasteiger partial charge in [-0.15, -0.1) is 0 Å². The lowest BCUT2D eigenvalue weighted by molar-refractivity contribution is 0.438. The Kier molecular flexibility index (Phi) is 4.35. The molecule has 0 radical (unpaired) electrons. The lowest BCUT2D eigenvalue weighted by atomic mass is 9.93. The largest absolute Gasteiger partial charge is 0.369 e. The van der Waals surface area contributed by atoms with Crippen molar-refractivity contribution in [1.82, 2.24) is 0 Å². The van der Waals surface area contributed by atoms with Crippen molar-refractivity contribution in [2.75, 3.05) is 11.4 Å². The van der Waals surface area contributed by atoms with Crippen molar-refractivity contribution in [2.24, 2.45) is 10.7 Å². The Morgan fingerprint density at radius 2 is 2.11 bits per heavy atom. The maximum absolute atomic E-state index is 6.31. The van der Waals surface area contributed by atoms with Gasteiger partial charge in [0, 0.05) is 0 Å². The molecule has 0 saturated carbocycles. The summed E-state index contributed by atoms with van der Waals surface area (Å²) in [5.74, 6) is 0.576. The van der Waals surface area contributed by atoms with Crippen molar-refractivity contribution in [2.45, 2.75) is 45.1 Å². The Balaban J connectivity index is 2.24. The van der Waals surface area contributed by atoms with E-state index in [0.717, 1.165) is 23.7 Å². The zero-order valence-electron chi connectivity index (χ0n) is 11.7. The quantitative estimate of drug-likeness (QED) is 0.833. The second-order valence-corrected chi connectivity index (χ2v) is 5.82. The summed E-state index contributed by atoms with van der Waals surface area (Å²) in [6.07, 6.45) is 4.73.